The normalized spacial score (nSPS) is 18.6. The number of rotatable bonds is 4. The molecule has 0 saturated carbocycles. The minimum atomic E-state index is -3.31. The zero-order valence-electron chi connectivity index (χ0n) is 13.5. The topological polar surface area (TPSA) is 46.6 Å². The molecule has 128 valence electrons. The lowest BCUT2D eigenvalue weighted by atomic mass is 10.1. The van der Waals surface area contributed by atoms with Gasteiger partial charge in [0.15, 0.2) is 9.84 Å². The highest BCUT2D eigenvalue weighted by Crippen LogP contribution is 2.31. The number of hydrogen-bond acceptors (Lipinski definition) is 4. The van der Waals surface area contributed by atoms with Crippen LogP contribution in [0.25, 0.3) is 0 Å². The third-order valence-electron chi connectivity index (χ3n) is 4.21. The molecular weight excluding hydrogens is 329 g/mol. The van der Waals surface area contributed by atoms with E-state index in [0.717, 1.165) is 5.56 Å². The van der Waals surface area contributed by atoms with Crippen molar-refractivity contribution in [3.8, 4) is 0 Å². The SMILES string of the molecule is CCS(=O)(=O)c1ccccc1N1CCO[C@@H](c2cccc(F)c2)C1. The van der Waals surface area contributed by atoms with E-state index in [1.807, 2.05) is 23.1 Å². The van der Waals surface area contributed by atoms with Gasteiger partial charge in [-0.05, 0) is 29.8 Å². The molecule has 0 unspecified atom stereocenters. The van der Waals surface area contributed by atoms with Gasteiger partial charge in [-0.25, -0.2) is 12.8 Å². The molecule has 0 aliphatic carbocycles. The fraction of sp³-hybridized carbons (Fsp3) is 0.333. The van der Waals surface area contributed by atoms with Crippen LogP contribution >= 0.6 is 0 Å². The summed E-state index contributed by atoms with van der Waals surface area (Å²) in [6.45, 7) is 3.18. The molecule has 1 aliphatic heterocycles. The van der Waals surface area contributed by atoms with Crippen molar-refractivity contribution in [2.45, 2.75) is 17.9 Å². The number of ether oxygens (including phenoxy) is 1. The summed E-state index contributed by atoms with van der Waals surface area (Å²) >= 11 is 0. The van der Waals surface area contributed by atoms with Crippen molar-refractivity contribution in [2.24, 2.45) is 0 Å². The minimum Gasteiger partial charge on any atom is -0.370 e. The lowest BCUT2D eigenvalue weighted by molar-refractivity contribution is 0.0394. The Balaban J connectivity index is 1.91. The standard InChI is InChI=1S/C18H20FNO3S/c1-2-24(21,22)18-9-4-3-8-16(18)20-10-11-23-17(13-20)14-6-5-7-15(19)12-14/h3-9,12,17H,2,10-11,13H2,1H3/t17-/m1/s1. The van der Waals surface area contributed by atoms with Crippen LogP contribution in [0.2, 0.25) is 0 Å². The molecule has 2 aromatic carbocycles. The Morgan fingerprint density at radius 1 is 1.21 bits per heavy atom. The summed E-state index contributed by atoms with van der Waals surface area (Å²) in [5, 5.41) is 0. The van der Waals surface area contributed by atoms with Crippen LogP contribution in [-0.4, -0.2) is 33.9 Å². The summed E-state index contributed by atoms with van der Waals surface area (Å²) in [6, 6.07) is 13.4. The lowest BCUT2D eigenvalue weighted by Crippen LogP contribution is -2.39. The number of hydrogen-bond donors (Lipinski definition) is 0. The van der Waals surface area contributed by atoms with Crippen LogP contribution in [0, 0.1) is 5.82 Å². The Morgan fingerprint density at radius 3 is 2.75 bits per heavy atom. The molecule has 1 fully saturated rings. The predicted octanol–water partition coefficient (Wildman–Crippen LogP) is 3.20. The summed E-state index contributed by atoms with van der Waals surface area (Å²) in [4.78, 5) is 2.34. The van der Waals surface area contributed by atoms with Crippen LogP contribution in [-0.2, 0) is 14.6 Å². The lowest BCUT2D eigenvalue weighted by Gasteiger charge is -2.35. The number of halogens is 1. The summed E-state index contributed by atoms with van der Waals surface area (Å²) in [5.74, 6) is -0.246. The number of anilines is 1. The van der Waals surface area contributed by atoms with Crippen LogP contribution in [0.15, 0.2) is 53.4 Å². The Kier molecular flexibility index (Phi) is 4.87. The first-order valence-corrected chi connectivity index (χ1v) is 9.60. The summed E-state index contributed by atoms with van der Waals surface area (Å²) in [6.07, 6.45) is -0.285. The van der Waals surface area contributed by atoms with E-state index < -0.39 is 9.84 Å². The van der Waals surface area contributed by atoms with Crippen LogP contribution in [0.3, 0.4) is 0 Å². The Bertz CT molecular complexity index is 823. The van der Waals surface area contributed by atoms with Crippen molar-refractivity contribution in [3.05, 3.63) is 59.9 Å². The van der Waals surface area contributed by atoms with Gasteiger partial charge in [0.2, 0.25) is 0 Å². The second kappa shape index (κ2) is 6.91. The van der Waals surface area contributed by atoms with Gasteiger partial charge >= 0.3 is 0 Å². The van der Waals surface area contributed by atoms with E-state index in [0.29, 0.717) is 30.3 Å². The molecule has 0 radical (unpaired) electrons. The minimum absolute atomic E-state index is 0.0572. The number of benzene rings is 2. The van der Waals surface area contributed by atoms with Crippen LogP contribution < -0.4 is 4.90 Å². The number of morpholine rings is 1. The molecule has 0 spiro atoms. The fourth-order valence-electron chi connectivity index (χ4n) is 2.91. The summed E-state index contributed by atoms with van der Waals surface area (Å²) in [7, 11) is -3.31. The average molecular weight is 349 g/mol. The van der Waals surface area contributed by atoms with Crippen molar-refractivity contribution in [1.82, 2.24) is 0 Å². The largest absolute Gasteiger partial charge is 0.370 e. The summed E-state index contributed by atoms with van der Waals surface area (Å²) < 4.78 is 43.9. The first kappa shape index (κ1) is 16.9. The quantitative estimate of drug-likeness (QED) is 0.850. The van der Waals surface area contributed by atoms with E-state index >= 15 is 0 Å². The maximum Gasteiger partial charge on any atom is 0.180 e. The van der Waals surface area contributed by atoms with Crippen molar-refractivity contribution >= 4 is 15.5 Å². The highest BCUT2D eigenvalue weighted by molar-refractivity contribution is 7.91. The van der Waals surface area contributed by atoms with Gasteiger partial charge in [-0.3, -0.25) is 0 Å². The van der Waals surface area contributed by atoms with Gasteiger partial charge in [-0.2, -0.15) is 0 Å². The molecule has 2 aromatic rings. The number of sulfone groups is 1. The van der Waals surface area contributed by atoms with E-state index in [1.165, 1.54) is 12.1 Å². The van der Waals surface area contributed by atoms with Crippen LogP contribution in [0.5, 0.6) is 0 Å². The molecule has 3 rings (SSSR count). The first-order chi connectivity index (χ1) is 11.5. The zero-order valence-corrected chi connectivity index (χ0v) is 14.3. The Morgan fingerprint density at radius 2 is 2.00 bits per heavy atom. The predicted molar refractivity (Wildman–Crippen MR) is 91.5 cm³/mol. The Labute approximate surface area is 141 Å². The van der Waals surface area contributed by atoms with Crippen molar-refractivity contribution in [3.63, 3.8) is 0 Å². The molecule has 1 saturated heterocycles. The number of nitrogens with zero attached hydrogens (tertiary/aromatic N) is 1. The van der Waals surface area contributed by atoms with Crippen molar-refractivity contribution < 1.29 is 17.5 Å². The van der Waals surface area contributed by atoms with Gasteiger partial charge in [0, 0.05) is 13.1 Å². The van der Waals surface area contributed by atoms with Gasteiger partial charge in [-0.1, -0.05) is 31.2 Å². The van der Waals surface area contributed by atoms with Gasteiger partial charge < -0.3 is 9.64 Å². The zero-order chi connectivity index (χ0) is 17.2. The van der Waals surface area contributed by atoms with E-state index in [1.54, 1.807) is 25.1 Å². The van der Waals surface area contributed by atoms with Gasteiger partial charge in [0.25, 0.3) is 0 Å². The summed E-state index contributed by atoms with van der Waals surface area (Å²) in [5.41, 5.74) is 1.44. The molecule has 0 bridgehead atoms. The second-order valence-corrected chi connectivity index (χ2v) is 7.98. The second-order valence-electron chi connectivity index (χ2n) is 5.73. The Hall–Kier alpha value is -1.92. The van der Waals surface area contributed by atoms with E-state index in [4.69, 9.17) is 4.74 Å². The highest BCUT2D eigenvalue weighted by atomic mass is 32.2. The third kappa shape index (κ3) is 3.44. The molecule has 4 nitrogen and oxygen atoms in total. The van der Waals surface area contributed by atoms with Crippen molar-refractivity contribution in [2.75, 3.05) is 30.3 Å². The molecule has 0 amide bonds. The van der Waals surface area contributed by atoms with Gasteiger partial charge in [-0.15, -0.1) is 0 Å². The maximum absolute atomic E-state index is 13.5. The molecule has 1 aliphatic rings. The van der Waals surface area contributed by atoms with Crippen LogP contribution in [0.4, 0.5) is 10.1 Å². The van der Waals surface area contributed by atoms with E-state index in [9.17, 15) is 12.8 Å². The van der Waals surface area contributed by atoms with E-state index in [2.05, 4.69) is 0 Å². The van der Waals surface area contributed by atoms with Crippen LogP contribution in [0.1, 0.15) is 18.6 Å². The molecule has 24 heavy (non-hydrogen) atoms. The highest BCUT2D eigenvalue weighted by Gasteiger charge is 2.26. The average Bonchev–Trinajstić information content (AvgIpc) is 2.62. The smallest absolute Gasteiger partial charge is 0.180 e. The molecule has 0 N–H and O–H groups in total. The monoisotopic (exact) mass is 349 g/mol. The first-order valence-electron chi connectivity index (χ1n) is 7.95. The molecule has 1 atom stereocenters. The molecule has 0 aromatic heterocycles. The van der Waals surface area contributed by atoms with Crippen molar-refractivity contribution in [1.29, 1.82) is 0 Å². The van der Waals surface area contributed by atoms with Gasteiger partial charge in [0.1, 0.15) is 11.9 Å². The third-order valence-corrected chi connectivity index (χ3v) is 5.98. The maximum atomic E-state index is 13.5. The molecule has 6 heteroatoms. The van der Waals surface area contributed by atoms with Gasteiger partial charge in [0.05, 0.1) is 22.9 Å². The van der Waals surface area contributed by atoms with E-state index in [-0.39, 0.29) is 17.7 Å². The number of para-hydroxylation sites is 1. The molecular formula is C18H20FNO3S. The molecule has 1 heterocycles. The fourth-order valence-corrected chi connectivity index (χ4v) is 4.03.